The highest BCUT2D eigenvalue weighted by molar-refractivity contribution is 5.22. The predicted molar refractivity (Wildman–Crippen MR) is 65.1 cm³/mol. The van der Waals surface area contributed by atoms with Gasteiger partial charge >= 0.3 is 0 Å². The molecule has 84 valence electrons. The van der Waals surface area contributed by atoms with Crippen LogP contribution in [0.5, 0.6) is 0 Å². The Kier molecular flexibility index (Phi) is 4.34. The highest BCUT2D eigenvalue weighted by atomic mass is 16.3. The molecule has 1 nitrogen and oxygen atoms in total. The van der Waals surface area contributed by atoms with Crippen LogP contribution in [-0.2, 0) is 12.8 Å². The molecule has 15 heavy (non-hydrogen) atoms. The largest absolute Gasteiger partial charge is 0.390 e. The lowest BCUT2D eigenvalue weighted by atomic mass is 9.98. The zero-order valence-corrected chi connectivity index (χ0v) is 10.1. The summed E-state index contributed by atoms with van der Waals surface area (Å²) in [6, 6.07) is 8.75. The molecule has 0 amide bonds. The fraction of sp³-hybridized carbons (Fsp3) is 0.571. The molecule has 0 fully saturated rings. The van der Waals surface area contributed by atoms with E-state index in [1.54, 1.807) is 0 Å². The van der Waals surface area contributed by atoms with Crippen molar-refractivity contribution in [2.45, 2.75) is 52.1 Å². The monoisotopic (exact) mass is 206 g/mol. The van der Waals surface area contributed by atoms with Crippen LogP contribution in [0.25, 0.3) is 0 Å². The number of benzene rings is 1. The van der Waals surface area contributed by atoms with Gasteiger partial charge in [0.05, 0.1) is 5.60 Å². The summed E-state index contributed by atoms with van der Waals surface area (Å²) in [6.45, 7) is 5.92. The molecule has 1 heteroatoms. The molecule has 0 bridgehead atoms. The molecule has 0 spiro atoms. The van der Waals surface area contributed by atoms with Crippen molar-refractivity contribution in [2.75, 3.05) is 0 Å². The molecule has 0 unspecified atom stereocenters. The van der Waals surface area contributed by atoms with Gasteiger partial charge in [0.1, 0.15) is 0 Å². The fourth-order valence-electron chi connectivity index (χ4n) is 1.61. The van der Waals surface area contributed by atoms with Crippen LogP contribution in [0.2, 0.25) is 0 Å². The Labute approximate surface area is 93.1 Å². The molecule has 0 aliphatic carbocycles. The Balaban J connectivity index is 2.50. The summed E-state index contributed by atoms with van der Waals surface area (Å²) in [4.78, 5) is 0. The molecule has 1 N–H and O–H groups in total. The number of hydrogen-bond acceptors (Lipinski definition) is 1. The number of rotatable bonds is 5. The standard InChI is InChI=1S/C14H22O/c1-4-5-12-6-8-13(9-7-12)10-11-14(2,3)15/h6-9,15H,4-5,10-11H2,1-3H3. The minimum atomic E-state index is -0.553. The van der Waals surface area contributed by atoms with E-state index in [4.69, 9.17) is 0 Å². The van der Waals surface area contributed by atoms with E-state index < -0.39 is 5.60 Å². The summed E-state index contributed by atoms with van der Waals surface area (Å²) in [5.41, 5.74) is 2.17. The number of aliphatic hydroxyl groups is 1. The number of aryl methyl sites for hydroxylation is 2. The van der Waals surface area contributed by atoms with Gasteiger partial charge in [-0.05, 0) is 44.2 Å². The molecule has 0 saturated heterocycles. The van der Waals surface area contributed by atoms with Crippen molar-refractivity contribution in [3.05, 3.63) is 35.4 Å². The smallest absolute Gasteiger partial charge is 0.0594 e. The van der Waals surface area contributed by atoms with Crippen LogP contribution in [0.15, 0.2) is 24.3 Å². The summed E-state index contributed by atoms with van der Waals surface area (Å²) < 4.78 is 0. The SMILES string of the molecule is CCCc1ccc(CCC(C)(C)O)cc1. The van der Waals surface area contributed by atoms with Crippen molar-refractivity contribution in [3.63, 3.8) is 0 Å². The molecule has 0 radical (unpaired) electrons. The van der Waals surface area contributed by atoms with Crippen molar-refractivity contribution in [1.29, 1.82) is 0 Å². The second-order valence-electron chi connectivity index (χ2n) is 4.88. The molecular formula is C14H22O. The van der Waals surface area contributed by atoms with Gasteiger partial charge in [-0.2, -0.15) is 0 Å². The van der Waals surface area contributed by atoms with Gasteiger partial charge in [-0.3, -0.25) is 0 Å². The Morgan fingerprint density at radius 3 is 1.87 bits per heavy atom. The summed E-state index contributed by atoms with van der Waals surface area (Å²) in [7, 11) is 0. The van der Waals surface area contributed by atoms with Gasteiger partial charge in [0.15, 0.2) is 0 Å². The van der Waals surface area contributed by atoms with Crippen molar-refractivity contribution in [2.24, 2.45) is 0 Å². The quantitative estimate of drug-likeness (QED) is 0.783. The first-order valence-electron chi connectivity index (χ1n) is 5.81. The molecule has 0 saturated carbocycles. The minimum Gasteiger partial charge on any atom is -0.390 e. The average Bonchev–Trinajstić information content (AvgIpc) is 2.16. The summed E-state index contributed by atoms with van der Waals surface area (Å²) in [5.74, 6) is 0. The van der Waals surface area contributed by atoms with Crippen molar-refractivity contribution < 1.29 is 5.11 Å². The predicted octanol–water partition coefficient (Wildman–Crippen LogP) is 3.34. The highest BCUT2D eigenvalue weighted by Crippen LogP contribution is 2.14. The lowest BCUT2D eigenvalue weighted by Crippen LogP contribution is -2.19. The molecule has 0 aliphatic rings. The van der Waals surface area contributed by atoms with E-state index in [0.717, 1.165) is 19.3 Å². The van der Waals surface area contributed by atoms with Crippen LogP contribution in [0.4, 0.5) is 0 Å². The van der Waals surface area contributed by atoms with E-state index in [1.807, 2.05) is 13.8 Å². The lowest BCUT2D eigenvalue weighted by Gasteiger charge is -2.16. The van der Waals surface area contributed by atoms with Gasteiger partial charge < -0.3 is 5.11 Å². The molecule has 1 aromatic carbocycles. The van der Waals surface area contributed by atoms with Crippen LogP contribution < -0.4 is 0 Å². The second kappa shape index (κ2) is 5.32. The molecular weight excluding hydrogens is 184 g/mol. The second-order valence-corrected chi connectivity index (χ2v) is 4.88. The van der Waals surface area contributed by atoms with E-state index >= 15 is 0 Å². The maximum absolute atomic E-state index is 9.62. The maximum Gasteiger partial charge on any atom is 0.0594 e. The van der Waals surface area contributed by atoms with Crippen molar-refractivity contribution in [1.82, 2.24) is 0 Å². The van der Waals surface area contributed by atoms with E-state index in [1.165, 1.54) is 17.5 Å². The minimum absolute atomic E-state index is 0.553. The zero-order chi connectivity index (χ0) is 11.3. The fourth-order valence-corrected chi connectivity index (χ4v) is 1.61. The first-order valence-corrected chi connectivity index (χ1v) is 5.81. The van der Waals surface area contributed by atoms with Gasteiger partial charge in [-0.1, -0.05) is 37.6 Å². The third kappa shape index (κ3) is 4.98. The van der Waals surface area contributed by atoms with Crippen molar-refractivity contribution in [3.8, 4) is 0 Å². The highest BCUT2D eigenvalue weighted by Gasteiger charge is 2.11. The topological polar surface area (TPSA) is 20.2 Å². The van der Waals surface area contributed by atoms with E-state index in [0.29, 0.717) is 0 Å². The Morgan fingerprint density at radius 1 is 1.00 bits per heavy atom. The first kappa shape index (κ1) is 12.3. The van der Waals surface area contributed by atoms with Gasteiger partial charge in [0.2, 0.25) is 0 Å². The zero-order valence-electron chi connectivity index (χ0n) is 10.1. The molecule has 0 heterocycles. The molecule has 1 rings (SSSR count). The Hall–Kier alpha value is -0.820. The van der Waals surface area contributed by atoms with Gasteiger partial charge in [0.25, 0.3) is 0 Å². The van der Waals surface area contributed by atoms with Crippen LogP contribution in [0.1, 0.15) is 44.7 Å². The van der Waals surface area contributed by atoms with E-state index in [9.17, 15) is 5.11 Å². The molecule has 0 atom stereocenters. The van der Waals surface area contributed by atoms with E-state index in [2.05, 4.69) is 31.2 Å². The van der Waals surface area contributed by atoms with Gasteiger partial charge in [-0.15, -0.1) is 0 Å². The van der Waals surface area contributed by atoms with E-state index in [-0.39, 0.29) is 0 Å². The molecule has 1 aromatic rings. The van der Waals surface area contributed by atoms with Crippen LogP contribution in [-0.4, -0.2) is 10.7 Å². The van der Waals surface area contributed by atoms with Gasteiger partial charge in [-0.25, -0.2) is 0 Å². The van der Waals surface area contributed by atoms with Crippen LogP contribution >= 0.6 is 0 Å². The van der Waals surface area contributed by atoms with Crippen LogP contribution in [0.3, 0.4) is 0 Å². The third-order valence-corrected chi connectivity index (χ3v) is 2.59. The van der Waals surface area contributed by atoms with Crippen molar-refractivity contribution >= 4 is 0 Å². The average molecular weight is 206 g/mol. The molecule has 0 aliphatic heterocycles. The maximum atomic E-state index is 9.62. The lowest BCUT2D eigenvalue weighted by molar-refractivity contribution is 0.0714. The normalized spacial score (nSPS) is 11.7. The molecule has 0 aromatic heterocycles. The Morgan fingerprint density at radius 2 is 1.47 bits per heavy atom. The summed E-state index contributed by atoms with van der Waals surface area (Å²) in [5, 5.41) is 9.62. The Bertz CT molecular complexity index is 279. The summed E-state index contributed by atoms with van der Waals surface area (Å²) in [6.07, 6.45) is 4.13. The first-order chi connectivity index (χ1) is 7.01. The van der Waals surface area contributed by atoms with Gasteiger partial charge in [0, 0.05) is 0 Å². The van der Waals surface area contributed by atoms with Crippen LogP contribution in [0, 0.1) is 0 Å². The third-order valence-electron chi connectivity index (χ3n) is 2.59. The number of hydrogen-bond donors (Lipinski definition) is 1. The summed E-state index contributed by atoms with van der Waals surface area (Å²) >= 11 is 0.